The van der Waals surface area contributed by atoms with Crippen LogP contribution in [0.2, 0.25) is 0 Å². The number of anilines is 1. The Morgan fingerprint density at radius 1 is 1.15 bits per heavy atom. The molecule has 0 radical (unpaired) electrons. The molecular weight excluding hydrogens is 550 g/mol. The van der Waals surface area contributed by atoms with Gasteiger partial charge in [-0.3, -0.25) is 19.7 Å². The van der Waals surface area contributed by atoms with Crippen LogP contribution in [0.25, 0.3) is 11.3 Å². The fraction of sp³-hybridized carbons (Fsp3) is 0.296. The monoisotopic (exact) mass is 579 g/mol. The molecule has 2 N–H and O–H groups in total. The molecule has 1 unspecified atom stereocenters. The maximum atomic E-state index is 13.0. The molecule has 4 aromatic rings. The van der Waals surface area contributed by atoms with E-state index in [-0.39, 0.29) is 35.2 Å². The molecule has 0 aliphatic rings. The first-order valence-corrected chi connectivity index (χ1v) is 14.5. The molecular formula is C27H29N7O4S2. The van der Waals surface area contributed by atoms with E-state index in [0.717, 1.165) is 5.56 Å². The third-order valence-corrected chi connectivity index (χ3v) is 7.73. The van der Waals surface area contributed by atoms with Crippen molar-refractivity contribution in [2.24, 2.45) is 5.92 Å². The molecule has 0 spiro atoms. The van der Waals surface area contributed by atoms with Crippen molar-refractivity contribution in [1.29, 1.82) is 0 Å². The van der Waals surface area contributed by atoms with Gasteiger partial charge in [0.15, 0.2) is 16.1 Å². The van der Waals surface area contributed by atoms with Crippen molar-refractivity contribution >= 4 is 45.7 Å². The van der Waals surface area contributed by atoms with Crippen LogP contribution in [0.15, 0.2) is 59.1 Å². The molecule has 40 heavy (non-hydrogen) atoms. The number of nitrogens with one attached hydrogen (secondary N) is 2. The van der Waals surface area contributed by atoms with Crippen molar-refractivity contribution in [2.45, 2.75) is 45.4 Å². The molecule has 4 rings (SSSR count). The average Bonchev–Trinajstić information content (AvgIpc) is 3.57. The zero-order chi connectivity index (χ0) is 28.8. The third-order valence-electron chi connectivity index (χ3n) is 6.01. The van der Waals surface area contributed by atoms with Gasteiger partial charge in [0.1, 0.15) is 0 Å². The highest BCUT2D eigenvalue weighted by atomic mass is 32.2. The minimum atomic E-state index is -0.461. The van der Waals surface area contributed by atoms with Gasteiger partial charge in [0, 0.05) is 35.2 Å². The molecule has 13 heteroatoms. The molecule has 2 aromatic carbocycles. The zero-order valence-electron chi connectivity index (χ0n) is 22.5. The van der Waals surface area contributed by atoms with Crippen LogP contribution in [0.5, 0.6) is 0 Å². The van der Waals surface area contributed by atoms with Gasteiger partial charge in [-0.25, -0.2) is 4.98 Å². The van der Waals surface area contributed by atoms with Crippen LogP contribution >= 0.6 is 23.1 Å². The summed E-state index contributed by atoms with van der Waals surface area (Å²) >= 11 is 2.48. The molecule has 11 nitrogen and oxygen atoms in total. The van der Waals surface area contributed by atoms with Crippen molar-refractivity contribution in [3.63, 3.8) is 0 Å². The summed E-state index contributed by atoms with van der Waals surface area (Å²) in [6.45, 7) is 8.48. The summed E-state index contributed by atoms with van der Waals surface area (Å²) in [5.74, 6) is 0.295. The molecule has 0 saturated heterocycles. The Bertz CT molecular complexity index is 1530. The zero-order valence-corrected chi connectivity index (χ0v) is 24.1. The van der Waals surface area contributed by atoms with Gasteiger partial charge in [-0.15, -0.1) is 21.5 Å². The second kappa shape index (κ2) is 12.8. The Morgan fingerprint density at radius 2 is 1.93 bits per heavy atom. The lowest BCUT2D eigenvalue weighted by molar-refractivity contribution is -0.384. The quantitative estimate of drug-likeness (QED) is 0.135. The first-order chi connectivity index (χ1) is 19.2. The highest BCUT2D eigenvalue weighted by Gasteiger charge is 2.26. The Morgan fingerprint density at radius 3 is 2.62 bits per heavy atom. The number of carbonyl (C=O) groups excluding carboxylic acids is 2. The van der Waals surface area contributed by atoms with Crippen LogP contribution in [0.1, 0.15) is 48.6 Å². The van der Waals surface area contributed by atoms with E-state index in [1.54, 1.807) is 23.6 Å². The minimum absolute atomic E-state index is 0.0266. The summed E-state index contributed by atoms with van der Waals surface area (Å²) in [6.07, 6.45) is 0. The number of hydrogen-bond donors (Lipinski definition) is 2. The van der Waals surface area contributed by atoms with Crippen molar-refractivity contribution in [1.82, 2.24) is 25.1 Å². The van der Waals surface area contributed by atoms with Gasteiger partial charge in [0.05, 0.1) is 22.4 Å². The Balaban J connectivity index is 1.41. The number of benzene rings is 2. The average molecular weight is 580 g/mol. The number of aromatic nitrogens is 4. The number of nitro benzene ring substituents is 1. The Kier molecular flexibility index (Phi) is 9.27. The number of non-ortho nitro benzene ring substituents is 1. The number of nitrogens with zero attached hydrogens (tertiary/aromatic N) is 5. The third kappa shape index (κ3) is 6.90. The SMILES string of the molecule is CCn1c(SCC(=O)Nc2nc(-c3cccc([N+](=O)[O-])c3)cs2)nnc1C(NC(=O)c1cccc(C)c1)C(C)C. The first kappa shape index (κ1) is 28.9. The van der Waals surface area contributed by atoms with Gasteiger partial charge < -0.3 is 15.2 Å². The van der Waals surface area contributed by atoms with E-state index < -0.39 is 4.92 Å². The Hall–Kier alpha value is -4.10. The van der Waals surface area contributed by atoms with Gasteiger partial charge in [0.2, 0.25) is 5.91 Å². The molecule has 0 bridgehead atoms. The molecule has 2 amide bonds. The number of thiazole rings is 1. The van der Waals surface area contributed by atoms with Gasteiger partial charge in [-0.05, 0) is 31.9 Å². The number of rotatable bonds is 11. The number of hydrogen-bond acceptors (Lipinski definition) is 9. The van der Waals surface area contributed by atoms with Crippen LogP contribution in [0, 0.1) is 23.0 Å². The molecule has 1 atom stereocenters. The predicted octanol–water partition coefficient (Wildman–Crippen LogP) is 5.50. The van der Waals surface area contributed by atoms with Gasteiger partial charge in [0.25, 0.3) is 11.6 Å². The second-order valence-corrected chi connectivity index (χ2v) is 11.1. The van der Waals surface area contributed by atoms with E-state index in [1.165, 1.54) is 35.2 Å². The molecule has 0 saturated carbocycles. The lowest BCUT2D eigenvalue weighted by atomic mass is 10.0. The predicted molar refractivity (Wildman–Crippen MR) is 155 cm³/mol. The van der Waals surface area contributed by atoms with Crippen LogP contribution in [-0.2, 0) is 11.3 Å². The number of carbonyl (C=O) groups is 2. The van der Waals surface area contributed by atoms with E-state index in [4.69, 9.17) is 0 Å². The second-order valence-electron chi connectivity index (χ2n) is 9.33. The summed E-state index contributed by atoms with van der Waals surface area (Å²) in [5.41, 5.74) is 2.69. The van der Waals surface area contributed by atoms with Gasteiger partial charge in [-0.2, -0.15) is 0 Å². The normalized spacial score (nSPS) is 11.8. The summed E-state index contributed by atoms with van der Waals surface area (Å²) in [6, 6.07) is 13.2. The molecule has 2 heterocycles. The first-order valence-electron chi connectivity index (χ1n) is 12.6. The topological polar surface area (TPSA) is 145 Å². The maximum Gasteiger partial charge on any atom is 0.270 e. The summed E-state index contributed by atoms with van der Waals surface area (Å²) < 4.78 is 1.91. The summed E-state index contributed by atoms with van der Waals surface area (Å²) in [4.78, 5) is 40.6. The van der Waals surface area contributed by atoms with Crippen LogP contribution in [0.4, 0.5) is 10.8 Å². The highest BCUT2D eigenvalue weighted by Crippen LogP contribution is 2.29. The minimum Gasteiger partial charge on any atom is -0.342 e. The number of aryl methyl sites for hydroxylation is 1. The molecule has 208 valence electrons. The summed E-state index contributed by atoms with van der Waals surface area (Å²) in [7, 11) is 0. The maximum absolute atomic E-state index is 13.0. The molecule has 0 aliphatic heterocycles. The lowest BCUT2D eigenvalue weighted by Crippen LogP contribution is -2.33. The van der Waals surface area contributed by atoms with E-state index in [2.05, 4.69) is 25.8 Å². The van der Waals surface area contributed by atoms with Gasteiger partial charge >= 0.3 is 0 Å². The largest absolute Gasteiger partial charge is 0.342 e. The molecule has 0 fully saturated rings. The number of thioether (sulfide) groups is 1. The fourth-order valence-corrected chi connectivity index (χ4v) is 5.55. The van der Waals surface area contributed by atoms with Crippen molar-refractivity contribution < 1.29 is 14.5 Å². The number of amides is 2. The fourth-order valence-electron chi connectivity index (χ4n) is 4.00. The van der Waals surface area contributed by atoms with E-state index in [9.17, 15) is 19.7 Å². The van der Waals surface area contributed by atoms with Crippen LogP contribution in [-0.4, -0.2) is 42.2 Å². The highest BCUT2D eigenvalue weighted by molar-refractivity contribution is 7.99. The smallest absolute Gasteiger partial charge is 0.270 e. The molecule has 0 aliphatic carbocycles. The van der Waals surface area contributed by atoms with E-state index >= 15 is 0 Å². The van der Waals surface area contributed by atoms with Crippen molar-refractivity contribution in [3.05, 3.63) is 81.0 Å². The Labute approximate surface area is 239 Å². The van der Waals surface area contributed by atoms with Gasteiger partial charge in [-0.1, -0.05) is 55.4 Å². The molecule has 2 aromatic heterocycles. The van der Waals surface area contributed by atoms with E-state index in [1.807, 2.05) is 50.5 Å². The summed E-state index contributed by atoms with van der Waals surface area (Å²) in [5, 5.41) is 28.3. The van der Waals surface area contributed by atoms with Crippen LogP contribution in [0.3, 0.4) is 0 Å². The standard InChI is InChI=1S/C27H29N7O4S2/c1-5-33-24(23(16(2)3)30-25(36)19-10-6-8-17(4)12-19)31-32-27(33)40-15-22(35)29-26-28-21(14-39-26)18-9-7-11-20(13-18)34(37)38/h6-14,16,23H,5,15H2,1-4H3,(H,30,36)(H,28,29,35). The van der Waals surface area contributed by atoms with Crippen molar-refractivity contribution in [2.75, 3.05) is 11.1 Å². The van der Waals surface area contributed by atoms with E-state index in [0.29, 0.717) is 39.5 Å². The van der Waals surface area contributed by atoms with Crippen LogP contribution < -0.4 is 10.6 Å². The van der Waals surface area contributed by atoms with Crippen molar-refractivity contribution in [3.8, 4) is 11.3 Å². The number of nitro groups is 1. The lowest BCUT2D eigenvalue weighted by Gasteiger charge is -2.22.